The lowest BCUT2D eigenvalue weighted by molar-refractivity contribution is 0.0697. The number of carbonyl (C=O) groups is 1. The molecular weight excluding hydrogens is 244 g/mol. The third kappa shape index (κ3) is 2.41. The van der Waals surface area contributed by atoms with Crippen molar-refractivity contribution in [3.63, 3.8) is 0 Å². The lowest BCUT2D eigenvalue weighted by Gasteiger charge is -2.10. The molecule has 0 aliphatic carbocycles. The largest absolute Gasteiger partial charge is 0.478 e. The molecule has 2 rings (SSSR count). The molecule has 2 aromatic carbocycles. The predicted octanol–water partition coefficient (Wildman–Crippen LogP) is 4.08. The van der Waals surface area contributed by atoms with Crippen molar-refractivity contribution in [3.8, 4) is 11.1 Å². The molecule has 2 aromatic rings. The maximum atomic E-state index is 10.9. The highest BCUT2D eigenvalue weighted by molar-refractivity contribution is 7.98. The highest BCUT2D eigenvalue weighted by Crippen LogP contribution is 2.32. The molecule has 0 aliphatic heterocycles. The molecule has 0 atom stereocenters. The van der Waals surface area contributed by atoms with Gasteiger partial charge in [-0.3, -0.25) is 0 Å². The topological polar surface area (TPSA) is 37.3 Å². The zero-order valence-corrected chi connectivity index (χ0v) is 11.1. The number of rotatable bonds is 3. The lowest BCUT2D eigenvalue weighted by Crippen LogP contribution is -1.97. The van der Waals surface area contributed by atoms with Crippen LogP contribution >= 0.6 is 11.8 Å². The fourth-order valence-corrected chi connectivity index (χ4v) is 2.58. The smallest absolute Gasteiger partial charge is 0.335 e. The van der Waals surface area contributed by atoms with Crippen molar-refractivity contribution in [1.82, 2.24) is 0 Å². The molecule has 3 heteroatoms. The minimum absolute atomic E-state index is 0.331. The van der Waals surface area contributed by atoms with Gasteiger partial charge in [0.2, 0.25) is 0 Å². The summed E-state index contributed by atoms with van der Waals surface area (Å²) in [6.45, 7) is 1.94. The maximum absolute atomic E-state index is 10.9. The van der Waals surface area contributed by atoms with E-state index in [0.717, 1.165) is 16.7 Å². The molecule has 0 amide bonds. The Bertz CT molecular complexity index is 591. The Kier molecular flexibility index (Phi) is 3.72. The number of carboxylic acid groups (broad SMARTS) is 1. The summed E-state index contributed by atoms with van der Waals surface area (Å²) < 4.78 is 0. The molecule has 92 valence electrons. The van der Waals surface area contributed by atoms with E-state index in [0.29, 0.717) is 5.56 Å². The van der Waals surface area contributed by atoms with E-state index in [4.69, 9.17) is 5.11 Å². The van der Waals surface area contributed by atoms with E-state index in [1.54, 1.807) is 23.9 Å². The van der Waals surface area contributed by atoms with Crippen molar-refractivity contribution in [2.24, 2.45) is 0 Å². The van der Waals surface area contributed by atoms with Crippen LogP contribution in [-0.2, 0) is 0 Å². The van der Waals surface area contributed by atoms with Crippen LogP contribution in [0.15, 0.2) is 47.4 Å². The first-order valence-electron chi connectivity index (χ1n) is 5.61. The molecule has 0 radical (unpaired) electrons. The summed E-state index contributed by atoms with van der Waals surface area (Å²) in [6, 6.07) is 13.4. The van der Waals surface area contributed by atoms with Crippen LogP contribution in [0.3, 0.4) is 0 Å². The van der Waals surface area contributed by atoms with Gasteiger partial charge in [0.05, 0.1) is 5.56 Å². The van der Waals surface area contributed by atoms with Gasteiger partial charge in [0.15, 0.2) is 0 Å². The van der Waals surface area contributed by atoms with E-state index < -0.39 is 5.97 Å². The number of thioether (sulfide) groups is 1. The fraction of sp³-hybridized carbons (Fsp3) is 0.133. The van der Waals surface area contributed by atoms with Gasteiger partial charge in [0.25, 0.3) is 0 Å². The first kappa shape index (κ1) is 12.7. The number of hydrogen-bond donors (Lipinski definition) is 1. The summed E-state index contributed by atoms with van der Waals surface area (Å²) in [5.74, 6) is -0.886. The summed E-state index contributed by atoms with van der Waals surface area (Å²) in [7, 11) is 0. The quantitative estimate of drug-likeness (QED) is 0.843. The number of aromatic carboxylic acids is 1. The first-order valence-corrected chi connectivity index (χ1v) is 6.83. The number of aryl methyl sites for hydroxylation is 1. The van der Waals surface area contributed by atoms with Gasteiger partial charge in [-0.1, -0.05) is 24.3 Å². The molecule has 0 heterocycles. The van der Waals surface area contributed by atoms with E-state index in [2.05, 4.69) is 12.1 Å². The minimum atomic E-state index is -0.886. The Balaban J connectivity index is 2.54. The molecular formula is C15H14O2S. The average molecular weight is 258 g/mol. The molecule has 0 unspecified atom stereocenters. The minimum Gasteiger partial charge on any atom is -0.478 e. The van der Waals surface area contributed by atoms with Crippen molar-refractivity contribution in [1.29, 1.82) is 0 Å². The third-order valence-corrected chi connectivity index (χ3v) is 3.67. The number of hydrogen-bond acceptors (Lipinski definition) is 2. The van der Waals surface area contributed by atoms with Crippen LogP contribution in [0.5, 0.6) is 0 Å². The summed E-state index contributed by atoms with van der Waals surface area (Å²) in [5.41, 5.74) is 3.55. The Labute approximate surface area is 111 Å². The maximum Gasteiger partial charge on any atom is 0.335 e. The summed E-state index contributed by atoms with van der Waals surface area (Å²) in [6.07, 6.45) is 2.04. The summed E-state index contributed by atoms with van der Waals surface area (Å²) >= 11 is 1.69. The SMILES string of the molecule is CSc1ccccc1-c1ccc(C(=O)O)cc1C. The van der Waals surface area contributed by atoms with Gasteiger partial charge in [-0.05, 0) is 48.1 Å². The van der Waals surface area contributed by atoms with E-state index >= 15 is 0 Å². The predicted molar refractivity (Wildman–Crippen MR) is 75.4 cm³/mol. The van der Waals surface area contributed by atoms with Gasteiger partial charge in [0.1, 0.15) is 0 Å². The van der Waals surface area contributed by atoms with E-state index in [9.17, 15) is 4.79 Å². The van der Waals surface area contributed by atoms with E-state index in [-0.39, 0.29) is 0 Å². The number of benzene rings is 2. The Hall–Kier alpha value is -1.74. The Morgan fingerprint density at radius 3 is 2.44 bits per heavy atom. The molecule has 0 fully saturated rings. The first-order chi connectivity index (χ1) is 8.63. The molecule has 0 bridgehead atoms. The summed E-state index contributed by atoms with van der Waals surface area (Å²) in [4.78, 5) is 12.1. The molecule has 0 aliphatic rings. The number of carboxylic acids is 1. The van der Waals surface area contributed by atoms with Crippen LogP contribution < -0.4 is 0 Å². The highest BCUT2D eigenvalue weighted by Gasteiger charge is 2.09. The van der Waals surface area contributed by atoms with Crippen molar-refractivity contribution >= 4 is 17.7 Å². The standard InChI is InChI=1S/C15H14O2S/c1-10-9-11(15(16)17)7-8-12(10)13-5-3-4-6-14(13)18-2/h3-9H,1-2H3,(H,16,17). The normalized spacial score (nSPS) is 10.3. The second kappa shape index (κ2) is 5.27. The van der Waals surface area contributed by atoms with Crippen molar-refractivity contribution < 1.29 is 9.90 Å². The van der Waals surface area contributed by atoms with Gasteiger partial charge in [-0.15, -0.1) is 11.8 Å². The molecule has 2 nitrogen and oxygen atoms in total. The van der Waals surface area contributed by atoms with Crippen LogP contribution in [0.4, 0.5) is 0 Å². The molecule has 0 saturated heterocycles. The second-order valence-electron chi connectivity index (χ2n) is 4.04. The van der Waals surface area contributed by atoms with Crippen molar-refractivity contribution in [2.45, 2.75) is 11.8 Å². The Morgan fingerprint density at radius 1 is 1.11 bits per heavy atom. The molecule has 1 N–H and O–H groups in total. The zero-order chi connectivity index (χ0) is 13.1. The second-order valence-corrected chi connectivity index (χ2v) is 4.88. The monoisotopic (exact) mass is 258 g/mol. The molecule has 0 saturated carbocycles. The van der Waals surface area contributed by atoms with E-state index in [1.165, 1.54) is 4.90 Å². The fourth-order valence-electron chi connectivity index (χ4n) is 1.97. The zero-order valence-electron chi connectivity index (χ0n) is 10.3. The third-order valence-electron chi connectivity index (χ3n) is 2.87. The van der Waals surface area contributed by atoms with Gasteiger partial charge in [0, 0.05) is 4.90 Å². The van der Waals surface area contributed by atoms with E-state index in [1.807, 2.05) is 31.4 Å². The van der Waals surface area contributed by atoms with Crippen LogP contribution in [0.1, 0.15) is 15.9 Å². The van der Waals surface area contributed by atoms with Crippen LogP contribution in [0, 0.1) is 6.92 Å². The average Bonchev–Trinajstić information content (AvgIpc) is 2.38. The van der Waals surface area contributed by atoms with Crippen molar-refractivity contribution in [2.75, 3.05) is 6.26 Å². The van der Waals surface area contributed by atoms with Gasteiger partial charge < -0.3 is 5.11 Å². The lowest BCUT2D eigenvalue weighted by atomic mass is 9.98. The Morgan fingerprint density at radius 2 is 1.83 bits per heavy atom. The van der Waals surface area contributed by atoms with Gasteiger partial charge >= 0.3 is 5.97 Å². The molecule has 18 heavy (non-hydrogen) atoms. The summed E-state index contributed by atoms with van der Waals surface area (Å²) in [5, 5.41) is 8.97. The van der Waals surface area contributed by atoms with Crippen molar-refractivity contribution in [3.05, 3.63) is 53.6 Å². The van der Waals surface area contributed by atoms with Gasteiger partial charge in [-0.25, -0.2) is 4.79 Å². The van der Waals surface area contributed by atoms with Crippen LogP contribution in [0.2, 0.25) is 0 Å². The van der Waals surface area contributed by atoms with Crippen LogP contribution in [0.25, 0.3) is 11.1 Å². The highest BCUT2D eigenvalue weighted by atomic mass is 32.2. The molecule has 0 spiro atoms. The molecule has 0 aromatic heterocycles. The van der Waals surface area contributed by atoms with Crippen LogP contribution in [-0.4, -0.2) is 17.3 Å². The van der Waals surface area contributed by atoms with Gasteiger partial charge in [-0.2, -0.15) is 0 Å².